The van der Waals surface area contributed by atoms with Gasteiger partial charge in [0.15, 0.2) is 5.96 Å². The lowest BCUT2D eigenvalue weighted by Gasteiger charge is -2.20. The van der Waals surface area contributed by atoms with Crippen molar-refractivity contribution in [2.45, 2.75) is 19.4 Å². The van der Waals surface area contributed by atoms with E-state index in [0.29, 0.717) is 6.04 Å². The standard InChI is InChI=1S/C19H33N5O.HI/c1-4-20-19(21-11-13-23(2)14-15-25-3)22-17-10-12-24(16-17)18-8-6-5-7-9-18;/h5-9,17H,4,10-16H2,1-3H3,(H2,20,21,22);1H. The lowest BCUT2D eigenvalue weighted by molar-refractivity contribution is 0.163. The number of hydrogen-bond acceptors (Lipinski definition) is 4. The number of rotatable bonds is 9. The van der Waals surface area contributed by atoms with Crippen LogP contribution in [0.15, 0.2) is 35.3 Å². The van der Waals surface area contributed by atoms with Crippen LogP contribution in [-0.4, -0.2) is 76.9 Å². The van der Waals surface area contributed by atoms with Gasteiger partial charge in [-0.05, 0) is 32.5 Å². The van der Waals surface area contributed by atoms with Gasteiger partial charge in [-0.25, -0.2) is 0 Å². The Morgan fingerprint density at radius 1 is 1.31 bits per heavy atom. The first-order chi connectivity index (χ1) is 12.2. The van der Waals surface area contributed by atoms with E-state index in [1.54, 1.807) is 7.11 Å². The van der Waals surface area contributed by atoms with Gasteiger partial charge < -0.3 is 25.2 Å². The van der Waals surface area contributed by atoms with Crippen molar-refractivity contribution in [3.8, 4) is 0 Å². The fraction of sp³-hybridized carbons (Fsp3) is 0.632. The summed E-state index contributed by atoms with van der Waals surface area (Å²) in [7, 11) is 3.84. The number of para-hydroxylation sites is 1. The maximum Gasteiger partial charge on any atom is 0.191 e. The summed E-state index contributed by atoms with van der Waals surface area (Å²) in [5, 5.41) is 6.95. The van der Waals surface area contributed by atoms with Crippen LogP contribution in [0.2, 0.25) is 0 Å². The summed E-state index contributed by atoms with van der Waals surface area (Å²) in [6.07, 6.45) is 1.13. The Morgan fingerprint density at radius 3 is 2.77 bits per heavy atom. The minimum absolute atomic E-state index is 0. The molecule has 0 aromatic heterocycles. The van der Waals surface area contributed by atoms with Crippen LogP contribution in [0.4, 0.5) is 5.69 Å². The molecule has 0 aliphatic carbocycles. The lowest BCUT2D eigenvalue weighted by atomic mass is 10.3. The van der Waals surface area contributed by atoms with E-state index in [2.05, 4.69) is 64.7 Å². The van der Waals surface area contributed by atoms with E-state index in [-0.39, 0.29) is 24.0 Å². The summed E-state index contributed by atoms with van der Waals surface area (Å²) in [6, 6.07) is 11.1. The number of guanidine groups is 1. The monoisotopic (exact) mass is 475 g/mol. The third kappa shape index (κ3) is 8.09. The van der Waals surface area contributed by atoms with Crippen LogP contribution in [0.1, 0.15) is 13.3 Å². The molecule has 1 fully saturated rings. The van der Waals surface area contributed by atoms with Crippen molar-refractivity contribution in [2.24, 2.45) is 4.99 Å². The molecule has 1 unspecified atom stereocenters. The molecule has 1 aliphatic heterocycles. The van der Waals surface area contributed by atoms with Crippen LogP contribution >= 0.6 is 24.0 Å². The summed E-state index contributed by atoms with van der Waals surface area (Å²) in [5.74, 6) is 0.919. The quantitative estimate of drug-likeness (QED) is 0.325. The first-order valence-corrected chi connectivity index (χ1v) is 9.25. The number of benzene rings is 1. The molecule has 0 radical (unpaired) electrons. The Bertz CT molecular complexity index is 514. The highest BCUT2D eigenvalue weighted by molar-refractivity contribution is 14.0. The predicted octanol–water partition coefficient (Wildman–Crippen LogP) is 2.02. The van der Waals surface area contributed by atoms with Gasteiger partial charge in [0.25, 0.3) is 0 Å². The molecule has 1 atom stereocenters. The van der Waals surface area contributed by atoms with Crippen LogP contribution in [0.3, 0.4) is 0 Å². The summed E-state index contributed by atoms with van der Waals surface area (Å²) in [6.45, 7) is 8.49. The van der Waals surface area contributed by atoms with E-state index in [1.165, 1.54) is 5.69 Å². The Hall–Kier alpha value is -1.06. The predicted molar refractivity (Wildman–Crippen MR) is 121 cm³/mol. The number of hydrogen-bond donors (Lipinski definition) is 2. The zero-order valence-electron chi connectivity index (χ0n) is 16.3. The molecule has 2 N–H and O–H groups in total. The molecule has 7 heteroatoms. The second kappa shape index (κ2) is 13.2. The van der Waals surface area contributed by atoms with Gasteiger partial charge in [-0.3, -0.25) is 4.99 Å². The molecule has 1 aromatic rings. The molecule has 1 saturated heterocycles. The second-order valence-corrected chi connectivity index (χ2v) is 6.47. The maximum atomic E-state index is 5.11. The zero-order chi connectivity index (χ0) is 17.9. The summed E-state index contributed by atoms with van der Waals surface area (Å²) < 4.78 is 5.11. The number of methoxy groups -OCH3 is 1. The fourth-order valence-electron chi connectivity index (χ4n) is 2.96. The van der Waals surface area contributed by atoms with Crippen LogP contribution in [0, 0.1) is 0 Å². The maximum absolute atomic E-state index is 5.11. The lowest BCUT2D eigenvalue weighted by Crippen LogP contribution is -2.45. The van der Waals surface area contributed by atoms with Gasteiger partial charge in [-0.1, -0.05) is 18.2 Å². The van der Waals surface area contributed by atoms with E-state index in [0.717, 1.165) is 58.3 Å². The third-order valence-electron chi connectivity index (χ3n) is 4.42. The Morgan fingerprint density at radius 2 is 2.08 bits per heavy atom. The smallest absolute Gasteiger partial charge is 0.191 e. The van der Waals surface area contributed by atoms with Crippen molar-refractivity contribution in [2.75, 3.05) is 64.9 Å². The molecule has 1 heterocycles. The normalized spacial score (nSPS) is 17.3. The van der Waals surface area contributed by atoms with E-state index in [9.17, 15) is 0 Å². The van der Waals surface area contributed by atoms with Crippen LogP contribution in [0.25, 0.3) is 0 Å². The highest BCUT2D eigenvalue weighted by atomic mass is 127. The van der Waals surface area contributed by atoms with Gasteiger partial charge in [0, 0.05) is 51.6 Å². The molecule has 26 heavy (non-hydrogen) atoms. The molecule has 6 nitrogen and oxygen atoms in total. The molecule has 148 valence electrons. The first kappa shape index (κ1) is 23.0. The van der Waals surface area contributed by atoms with Gasteiger partial charge in [0.05, 0.1) is 13.2 Å². The molecule has 0 bridgehead atoms. The van der Waals surface area contributed by atoms with Gasteiger partial charge in [-0.2, -0.15) is 0 Å². The number of likely N-dealkylation sites (N-methyl/N-ethyl adjacent to an activating group) is 1. The van der Waals surface area contributed by atoms with E-state index in [4.69, 9.17) is 9.73 Å². The van der Waals surface area contributed by atoms with Crippen molar-refractivity contribution >= 4 is 35.6 Å². The molecule has 2 rings (SSSR count). The van der Waals surface area contributed by atoms with Gasteiger partial charge in [0.1, 0.15) is 0 Å². The second-order valence-electron chi connectivity index (χ2n) is 6.47. The van der Waals surface area contributed by atoms with Gasteiger partial charge in [-0.15, -0.1) is 24.0 Å². The van der Waals surface area contributed by atoms with Crippen molar-refractivity contribution in [3.05, 3.63) is 30.3 Å². The number of aliphatic imine (C=N–C) groups is 1. The topological polar surface area (TPSA) is 52.1 Å². The number of nitrogens with zero attached hydrogens (tertiary/aromatic N) is 3. The highest BCUT2D eigenvalue weighted by Crippen LogP contribution is 2.19. The minimum Gasteiger partial charge on any atom is -0.383 e. The van der Waals surface area contributed by atoms with Crippen molar-refractivity contribution < 1.29 is 4.74 Å². The number of anilines is 1. The fourth-order valence-corrected chi connectivity index (χ4v) is 2.96. The Labute approximate surface area is 175 Å². The molecule has 1 aliphatic rings. The van der Waals surface area contributed by atoms with Gasteiger partial charge in [0.2, 0.25) is 0 Å². The van der Waals surface area contributed by atoms with Gasteiger partial charge >= 0.3 is 0 Å². The zero-order valence-corrected chi connectivity index (χ0v) is 18.6. The number of halogens is 1. The number of ether oxygens (including phenoxy) is 1. The third-order valence-corrected chi connectivity index (χ3v) is 4.42. The van der Waals surface area contributed by atoms with E-state index >= 15 is 0 Å². The summed E-state index contributed by atoms with van der Waals surface area (Å²) in [5.41, 5.74) is 1.30. The average Bonchev–Trinajstić information content (AvgIpc) is 3.09. The van der Waals surface area contributed by atoms with E-state index in [1.807, 2.05) is 0 Å². The van der Waals surface area contributed by atoms with E-state index < -0.39 is 0 Å². The first-order valence-electron chi connectivity index (χ1n) is 9.25. The Kier molecular flexibility index (Phi) is 11.6. The minimum atomic E-state index is 0. The summed E-state index contributed by atoms with van der Waals surface area (Å²) in [4.78, 5) is 9.39. The summed E-state index contributed by atoms with van der Waals surface area (Å²) >= 11 is 0. The molecular formula is C19H34IN5O. The van der Waals surface area contributed by atoms with Crippen molar-refractivity contribution in [1.29, 1.82) is 0 Å². The SMILES string of the molecule is CCNC(=NCCN(C)CCOC)NC1CCN(c2ccccc2)C1.I. The largest absolute Gasteiger partial charge is 0.383 e. The van der Waals surface area contributed by atoms with Crippen LogP contribution in [0.5, 0.6) is 0 Å². The molecule has 1 aromatic carbocycles. The van der Waals surface area contributed by atoms with Crippen molar-refractivity contribution in [3.63, 3.8) is 0 Å². The Balaban J connectivity index is 0.00000338. The van der Waals surface area contributed by atoms with Crippen LogP contribution in [-0.2, 0) is 4.74 Å². The van der Waals surface area contributed by atoms with Crippen molar-refractivity contribution in [1.82, 2.24) is 15.5 Å². The molecule has 0 saturated carbocycles. The highest BCUT2D eigenvalue weighted by Gasteiger charge is 2.23. The molecule has 0 spiro atoms. The average molecular weight is 475 g/mol. The van der Waals surface area contributed by atoms with Crippen LogP contribution < -0.4 is 15.5 Å². The number of nitrogens with one attached hydrogen (secondary N) is 2. The molecular weight excluding hydrogens is 441 g/mol. The molecule has 0 amide bonds.